The van der Waals surface area contributed by atoms with Gasteiger partial charge in [0.05, 0.1) is 10.8 Å². The smallest absolute Gasteiger partial charge is 0.248 e. The van der Waals surface area contributed by atoms with E-state index in [0.717, 1.165) is 27.4 Å². The van der Waals surface area contributed by atoms with Crippen LogP contribution < -0.4 is 0 Å². The molecule has 0 amide bonds. The van der Waals surface area contributed by atoms with Crippen molar-refractivity contribution in [3.8, 4) is 10.7 Å². The summed E-state index contributed by atoms with van der Waals surface area (Å²) in [6.45, 7) is 0.0599. The Morgan fingerprint density at radius 2 is 1.88 bits per heavy atom. The van der Waals surface area contributed by atoms with Crippen molar-refractivity contribution in [1.29, 1.82) is 0 Å². The number of hydrogen-bond donors (Lipinski definition) is 0. The molecule has 1 fully saturated rings. The molecule has 3 aromatic rings. The van der Waals surface area contributed by atoms with E-state index in [1.807, 2.05) is 17.5 Å². The number of nitrogens with zero attached hydrogens (tertiary/aromatic N) is 3. The Balaban J connectivity index is 1.52. The fourth-order valence-corrected chi connectivity index (χ4v) is 4.84. The van der Waals surface area contributed by atoms with Crippen LogP contribution in [0.2, 0.25) is 0 Å². The van der Waals surface area contributed by atoms with E-state index in [1.54, 1.807) is 0 Å². The molecule has 10 heteroatoms. The van der Waals surface area contributed by atoms with Gasteiger partial charge in [-0.25, -0.2) is 17.2 Å². The summed E-state index contributed by atoms with van der Waals surface area (Å²) in [5.41, 5.74) is 0. The maximum atomic E-state index is 13.8. The molecule has 0 aliphatic carbocycles. The SMILES string of the molecule is O=S(=O)(c1c(F)cccc1F)N1CC(c2nc(-c3cccs3)no2)C1. The van der Waals surface area contributed by atoms with Crippen LogP contribution in [0.15, 0.2) is 45.1 Å². The average Bonchev–Trinajstić information content (AvgIpc) is 3.15. The van der Waals surface area contributed by atoms with Crippen LogP contribution >= 0.6 is 11.3 Å². The lowest BCUT2D eigenvalue weighted by molar-refractivity contribution is 0.215. The van der Waals surface area contributed by atoms with E-state index in [4.69, 9.17) is 4.52 Å². The fraction of sp³-hybridized carbons (Fsp3) is 0.200. The lowest BCUT2D eigenvalue weighted by Crippen LogP contribution is -2.48. The molecule has 2 aromatic heterocycles. The summed E-state index contributed by atoms with van der Waals surface area (Å²) < 4.78 is 58.5. The Bertz CT molecular complexity index is 992. The molecular formula is C15H11F2N3O3S2. The zero-order chi connectivity index (χ0) is 17.6. The number of sulfonamides is 1. The van der Waals surface area contributed by atoms with E-state index in [-0.39, 0.29) is 19.0 Å². The first-order chi connectivity index (χ1) is 12.0. The van der Waals surface area contributed by atoms with Gasteiger partial charge in [-0.1, -0.05) is 17.3 Å². The van der Waals surface area contributed by atoms with Gasteiger partial charge in [0.25, 0.3) is 0 Å². The van der Waals surface area contributed by atoms with E-state index >= 15 is 0 Å². The second-order valence-electron chi connectivity index (χ2n) is 5.50. The van der Waals surface area contributed by atoms with E-state index in [0.29, 0.717) is 11.7 Å². The highest BCUT2D eigenvalue weighted by Crippen LogP contribution is 2.34. The summed E-state index contributed by atoms with van der Waals surface area (Å²) in [6.07, 6.45) is 0. The zero-order valence-corrected chi connectivity index (χ0v) is 14.2. The molecule has 0 saturated carbocycles. The van der Waals surface area contributed by atoms with Gasteiger partial charge in [0.15, 0.2) is 4.90 Å². The zero-order valence-electron chi connectivity index (χ0n) is 12.6. The van der Waals surface area contributed by atoms with Crippen LogP contribution in [0.3, 0.4) is 0 Å². The number of thiophene rings is 1. The summed E-state index contributed by atoms with van der Waals surface area (Å²) in [5, 5.41) is 5.75. The van der Waals surface area contributed by atoms with Crippen molar-refractivity contribution in [2.24, 2.45) is 0 Å². The first kappa shape index (κ1) is 16.3. The van der Waals surface area contributed by atoms with E-state index in [1.165, 1.54) is 11.3 Å². The van der Waals surface area contributed by atoms with Crippen molar-refractivity contribution < 1.29 is 21.7 Å². The maximum Gasteiger partial charge on any atom is 0.248 e. The molecule has 0 spiro atoms. The Morgan fingerprint density at radius 1 is 1.16 bits per heavy atom. The van der Waals surface area contributed by atoms with Crippen molar-refractivity contribution in [2.45, 2.75) is 10.8 Å². The van der Waals surface area contributed by atoms with Crippen molar-refractivity contribution >= 4 is 21.4 Å². The monoisotopic (exact) mass is 383 g/mol. The van der Waals surface area contributed by atoms with Crippen LogP contribution in [-0.2, 0) is 10.0 Å². The molecular weight excluding hydrogens is 372 g/mol. The van der Waals surface area contributed by atoms with Gasteiger partial charge in [0.1, 0.15) is 11.6 Å². The van der Waals surface area contributed by atoms with Gasteiger partial charge in [-0.15, -0.1) is 11.3 Å². The highest BCUT2D eigenvalue weighted by Gasteiger charge is 2.42. The molecule has 4 rings (SSSR count). The minimum Gasteiger partial charge on any atom is -0.339 e. The molecule has 0 unspecified atom stereocenters. The summed E-state index contributed by atoms with van der Waals surface area (Å²) in [5.74, 6) is -1.77. The standard InChI is InChI=1S/C15H11F2N3O3S2/c16-10-3-1-4-11(17)13(10)25(21,22)20-7-9(8-20)15-18-14(19-23-15)12-5-2-6-24-12/h1-6,9H,7-8H2. The van der Waals surface area contributed by atoms with Gasteiger partial charge >= 0.3 is 0 Å². The largest absolute Gasteiger partial charge is 0.339 e. The predicted octanol–water partition coefficient (Wildman–Crippen LogP) is 2.86. The second kappa shape index (κ2) is 5.97. The van der Waals surface area contributed by atoms with Crippen LogP contribution in [0.25, 0.3) is 10.7 Å². The molecule has 1 aliphatic heterocycles. The number of halogens is 2. The fourth-order valence-electron chi connectivity index (χ4n) is 2.56. The predicted molar refractivity (Wildman–Crippen MR) is 85.5 cm³/mol. The van der Waals surface area contributed by atoms with Gasteiger partial charge in [0.2, 0.25) is 21.7 Å². The quantitative estimate of drug-likeness (QED) is 0.692. The van der Waals surface area contributed by atoms with Gasteiger partial charge in [0, 0.05) is 13.1 Å². The maximum absolute atomic E-state index is 13.8. The van der Waals surface area contributed by atoms with Gasteiger partial charge < -0.3 is 4.52 Å². The molecule has 25 heavy (non-hydrogen) atoms. The third-order valence-corrected chi connectivity index (χ3v) is 6.65. The summed E-state index contributed by atoms with van der Waals surface area (Å²) in [6, 6.07) is 6.65. The van der Waals surface area contributed by atoms with Crippen LogP contribution in [-0.4, -0.2) is 36.0 Å². The van der Waals surface area contributed by atoms with Crippen molar-refractivity contribution in [3.05, 3.63) is 53.2 Å². The number of benzene rings is 1. The topological polar surface area (TPSA) is 76.3 Å². The molecule has 3 heterocycles. The summed E-state index contributed by atoms with van der Waals surface area (Å²) in [7, 11) is -4.25. The molecule has 0 radical (unpaired) electrons. The number of hydrogen-bond acceptors (Lipinski definition) is 6. The second-order valence-corrected chi connectivity index (χ2v) is 8.33. The third kappa shape index (κ3) is 2.75. The first-order valence-electron chi connectivity index (χ1n) is 7.28. The van der Waals surface area contributed by atoms with Gasteiger partial charge in [-0.05, 0) is 23.6 Å². The molecule has 1 saturated heterocycles. The molecule has 0 N–H and O–H groups in total. The number of rotatable bonds is 4. The lowest BCUT2D eigenvalue weighted by Gasteiger charge is -2.35. The van der Waals surface area contributed by atoms with Crippen LogP contribution in [0.1, 0.15) is 11.8 Å². The molecule has 0 atom stereocenters. The van der Waals surface area contributed by atoms with Crippen LogP contribution in [0, 0.1) is 11.6 Å². The molecule has 6 nitrogen and oxygen atoms in total. The molecule has 0 bridgehead atoms. The lowest BCUT2D eigenvalue weighted by atomic mass is 10.0. The summed E-state index contributed by atoms with van der Waals surface area (Å²) in [4.78, 5) is 4.17. The molecule has 1 aromatic carbocycles. The Labute approximate surface area is 145 Å². The minimum atomic E-state index is -4.25. The van der Waals surface area contributed by atoms with Crippen LogP contribution in [0.5, 0.6) is 0 Å². The van der Waals surface area contributed by atoms with Gasteiger partial charge in [-0.3, -0.25) is 0 Å². The minimum absolute atomic E-state index is 0.0299. The highest BCUT2D eigenvalue weighted by molar-refractivity contribution is 7.89. The van der Waals surface area contributed by atoms with Crippen molar-refractivity contribution in [3.63, 3.8) is 0 Å². The van der Waals surface area contributed by atoms with Crippen molar-refractivity contribution in [2.75, 3.05) is 13.1 Å². The normalized spacial score (nSPS) is 16.1. The Hall–Kier alpha value is -2.17. The van der Waals surface area contributed by atoms with E-state index in [9.17, 15) is 17.2 Å². The molecule has 130 valence electrons. The third-order valence-electron chi connectivity index (χ3n) is 3.90. The average molecular weight is 383 g/mol. The van der Waals surface area contributed by atoms with E-state index in [2.05, 4.69) is 10.1 Å². The van der Waals surface area contributed by atoms with Crippen molar-refractivity contribution in [1.82, 2.24) is 14.4 Å². The number of aromatic nitrogens is 2. The molecule has 1 aliphatic rings. The first-order valence-corrected chi connectivity index (χ1v) is 9.60. The van der Waals surface area contributed by atoms with E-state index < -0.39 is 26.6 Å². The Kier molecular flexibility index (Phi) is 3.89. The summed E-state index contributed by atoms with van der Waals surface area (Å²) >= 11 is 1.46. The van der Waals surface area contributed by atoms with Crippen LogP contribution in [0.4, 0.5) is 8.78 Å². The van der Waals surface area contributed by atoms with Gasteiger partial charge in [-0.2, -0.15) is 9.29 Å². The Morgan fingerprint density at radius 3 is 2.52 bits per heavy atom. The highest BCUT2D eigenvalue weighted by atomic mass is 32.2.